The van der Waals surface area contributed by atoms with Crippen molar-refractivity contribution in [3.8, 4) is 0 Å². The number of fused-ring (bicyclic) bond motifs is 1. The molecule has 0 unspecified atom stereocenters. The van der Waals surface area contributed by atoms with Crippen LogP contribution < -0.4 is 0 Å². The van der Waals surface area contributed by atoms with Gasteiger partial charge >= 0.3 is 0 Å². The Morgan fingerprint density at radius 3 is 2.89 bits per heavy atom. The monoisotopic (exact) mass is 261 g/mol. The highest BCUT2D eigenvalue weighted by Gasteiger charge is 2.08. The smallest absolute Gasteiger partial charge is 0.232 e. The van der Waals surface area contributed by atoms with E-state index in [0.717, 1.165) is 15.8 Å². The fraction of sp³-hybridized carbons (Fsp3) is 0.308. The molecule has 0 N–H and O–H groups in total. The lowest BCUT2D eigenvalue weighted by Gasteiger charge is -2.10. The first-order chi connectivity index (χ1) is 8.58. The second kappa shape index (κ2) is 5.35. The van der Waals surface area contributed by atoms with Crippen molar-refractivity contribution >= 4 is 28.6 Å². The maximum absolute atomic E-state index is 11.6. The van der Waals surface area contributed by atoms with Crippen LogP contribution in [0.5, 0.6) is 0 Å². The lowest BCUT2D eigenvalue weighted by molar-refractivity contribution is -0.125. The minimum atomic E-state index is 0.0950. The molecule has 0 aliphatic carbocycles. The third kappa shape index (κ3) is 2.79. The molecule has 0 saturated carbocycles. The third-order valence-electron chi connectivity index (χ3n) is 2.61. The number of amides is 1. The van der Waals surface area contributed by atoms with Gasteiger partial charge in [0.2, 0.25) is 5.91 Å². The van der Waals surface area contributed by atoms with E-state index in [2.05, 4.69) is 16.3 Å². The molecule has 0 atom stereocenters. The number of hydrogen-bond acceptors (Lipinski definition) is 4. The first-order valence-corrected chi connectivity index (χ1v) is 6.61. The predicted octanol–water partition coefficient (Wildman–Crippen LogP) is 2.12. The first-order valence-electron chi connectivity index (χ1n) is 5.63. The van der Waals surface area contributed by atoms with Crippen molar-refractivity contribution in [1.82, 2.24) is 15.1 Å². The van der Waals surface area contributed by atoms with Crippen LogP contribution in [0.4, 0.5) is 0 Å². The average molecular weight is 261 g/mol. The van der Waals surface area contributed by atoms with Gasteiger partial charge in [0.1, 0.15) is 0 Å². The molecule has 18 heavy (non-hydrogen) atoms. The van der Waals surface area contributed by atoms with Crippen molar-refractivity contribution in [3.63, 3.8) is 0 Å². The molecule has 94 valence electrons. The van der Waals surface area contributed by atoms with Crippen molar-refractivity contribution in [2.24, 2.45) is 0 Å². The highest BCUT2D eigenvalue weighted by atomic mass is 32.2. The molecular weight excluding hydrogens is 246 g/mol. The van der Waals surface area contributed by atoms with Crippen LogP contribution in [-0.2, 0) is 4.79 Å². The number of rotatable bonds is 3. The average Bonchev–Trinajstić information content (AvgIpc) is 2.35. The number of aromatic nitrogens is 2. The van der Waals surface area contributed by atoms with Crippen LogP contribution in [-0.4, -0.2) is 40.9 Å². The summed E-state index contributed by atoms with van der Waals surface area (Å²) in [6.45, 7) is 2.04. The lowest BCUT2D eigenvalue weighted by Crippen LogP contribution is -2.23. The summed E-state index contributed by atoms with van der Waals surface area (Å²) < 4.78 is 0. The Hall–Kier alpha value is -1.62. The summed E-state index contributed by atoms with van der Waals surface area (Å²) in [6.07, 6.45) is 1.72. The molecule has 0 aliphatic heterocycles. The standard InChI is InChI=1S/C13H15N3OS/c1-9-4-5-11-10(6-9)12(7-14-15-11)18-8-13(17)16(2)3/h4-7H,8H2,1-3H3. The van der Waals surface area contributed by atoms with E-state index in [-0.39, 0.29) is 5.91 Å². The lowest BCUT2D eigenvalue weighted by atomic mass is 10.1. The van der Waals surface area contributed by atoms with E-state index in [9.17, 15) is 4.79 Å². The summed E-state index contributed by atoms with van der Waals surface area (Å²) in [7, 11) is 3.52. The number of benzene rings is 1. The molecule has 0 fully saturated rings. The van der Waals surface area contributed by atoms with Crippen LogP contribution in [0.3, 0.4) is 0 Å². The minimum absolute atomic E-state index is 0.0950. The van der Waals surface area contributed by atoms with E-state index in [1.807, 2.05) is 19.1 Å². The molecule has 0 radical (unpaired) electrons. The van der Waals surface area contributed by atoms with Gasteiger partial charge < -0.3 is 4.90 Å². The van der Waals surface area contributed by atoms with Gasteiger partial charge in [-0.1, -0.05) is 11.6 Å². The maximum atomic E-state index is 11.6. The molecule has 2 rings (SSSR count). The molecule has 1 heterocycles. The predicted molar refractivity (Wildman–Crippen MR) is 73.7 cm³/mol. The Morgan fingerprint density at radius 2 is 2.17 bits per heavy atom. The normalized spacial score (nSPS) is 10.6. The van der Waals surface area contributed by atoms with Gasteiger partial charge in [0.25, 0.3) is 0 Å². The van der Waals surface area contributed by atoms with Crippen molar-refractivity contribution < 1.29 is 4.79 Å². The summed E-state index contributed by atoms with van der Waals surface area (Å²) in [4.78, 5) is 14.2. The largest absolute Gasteiger partial charge is 0.348 e. The van der Waals surface area contributed by atoms with Crippen molar-refractivity contribution in [2.75, 3.05) is 19.8 Å². The Labute approximate surface area is 110 Å². The van der Waals surface area contributed by atoms with E-state index >= 15 is 0 Å². The zero-order valence-corrected chi connectivity index (χ0v) is 11.5. The number of nitrogens with zero attached hydrogens (tertiary/aromatic N) is 3. The van der Waals surface area contributed by atoms with E-state index in [0.29, 0.717) is 5.75 Å². The molecule has 1 aromatic heterocycles. The van der Waals surface area contributed by atoms with E-state index in [4.69, 9.17) is 0 Å². The third-order valence-corrected chi connectivity index (χ3v) is 3.64. The molecule has 0 aliphatic rings. The Balaban J connectivity index is 2.28. The SMILES string of the molecule is Cc1ccc2nncc(SCC(=O)N(C)C)c2c1. The second-order valence-corrected chi connectivity index (χ2v) is 5.32. The second-order valence-electron chi connectivity index (χ2n) is 4.31. The van der Waals surface area contributed by atoms with Gasteiger partial charge in [-0.2, -0.15) is 10.2 Å². The summed E-state index contributed by atoms with van der Waals surface area (Å²) in [6, 6.07) is 6.04. The fourth-order valence-corrected chi connectivity index (χ4v) is 2.51. The number of hydrogen-bond donors (Lipinski definition) is 0. The summed E-state index contributed by atoms with van der Waals surface area (Å²) in [5.41, 5.74) is 2.04. The van der Waals surface area contributed by atoms with E-state index < -0.39 is 0 Å². The number of carbonyl (C=O) groups excluding carboxylic acids is 1. The van der Waals surface area contributed by atoms with Crippen LogP contribution in [0.15, 0.2) is 29.3 Å². The highest BCUT2D eigenvalue weighted by molar-refractivity contribution is 8.00. The molecule has 1 aromatic carbocycles. The fourth-order valence-electron chi connectivity index (χ4n) is 1.53. The highest BCUT2D eigenvalue weighted by Crippen LogP contribution is 2.26. The molecule has 0 saturated heterocycles. The number of aryl methyl sites for hydroxylation is 1. The number of thioether (sulfide) groups is 1. The maximum Gasteiger partial charge on any atom is 0.232 e. The number of carbonyl (C=O) groups is 1. The van der Waals surface area contributed by atoms with Crippen molar-refractivity contribution in [3.05, 3.63) is 30.0 Å². The quantitative estimate of drug-likeness (QED) is 0.794. The molecule has 0 bridgehead atoms. The van der Waals surface area contributed by atoms with Crippen molar-refractivity contribution in [1.29, 1.82) is 0 Å². The summed E-state index contributed by atoms with van der Waals surface area (Å²) in [5, 5.41) is 9.11. The van der Waals surface area contributed by atoms with Gasteiger partial charge in [-0.05, 0) is 19.1 Å². The van der Waals surface area contributed by atoms with Gasteiger partial charge in [0.05, 0.1) is 17.5 Å². The molecule has 2 aromatic rings. The van der Waals surface area contributed by atoms with Gasteiger partial charge in [-0.3, -0.25) is 4.79 Å². The molecule has 5 heteroatoms. The minimum Gasteiger partial charge on any atom is -0.348 e. The van der Waals surface area contributed by atoms with Gasteiger partial charge in [0, 0.05) is 24.4 Å². The van der Waals surface area contributed by atoms with Crippen LogP contribution in [0, 0.1) is 6.92 Å². The topological polar surface area (TPSA) is 46.1 Å². The van der Waals surface area contributed by atoms with Crippen LogP contribution >= 0.6 is 11.8 Å². The molecule has 4 nitrogen and oxygen atoms in total. The van der Waals surface area contributed by atoms with Gasteiger partial charge in [-0.15, -0.1) is 11.8 Å². The van der Waals surface area contributed by atoms with E-state index in [1.165, 1.54) is 17.3 Å². The van der Waals surface area contributed by atoms with Gasteiger partial charge in [0.15, 0.2) is 0 Å². The summed E-state index contributed by atoms with van der Waals surface area (Å²) >= 11 is 1.50. The zero-order valence-electron chi connectivity index (χ0n) is 10.7. The Bertz CT molecular complexity index is 583. The Morgan fingerprint density at radius 1 is 1.39 bits per heavy atom. The van der Waals surface area contributed by atoms with E-state index in [1.54, 1.807) is 25.2 Å². The van der Waals surface area contributed by atoms with Crippen molar-refractivity contribution in [2.45, 2.75) is 11.8 Å². The van der Waals surface area contributed by atoms with Crippen LogP contribution in [0.2, 0.25) is 0 Å². The molecule has 1 amide bonds. The van der Waals surface area contributed by atoms with Crippen LogP contribution in [0.25, 0.3) is 10.9 Å². The first kappa shape index (κ1) is 12.8. The molecular formula is C13H15N3OS. The van der Waals surface area contributed by atoms with Gasteiger partial charge in [-0.25, -0.2) is 0 Å². The van der Waals surface area contributed by atoms with Crippen LogP contribution in [0.1, 0.15) is 5.56 Å². The molecule has 0 spiro atoms. The zero-order chi connectivity index (χ0) is 13.1. The summed E-state index contributed by atoms with van der Waals surface area (Å²) in [5.74, 6) is 0.513. The Kier molecular flexibility index (Phi) is 3.81.